The number of aliphatic imine (C=N–C) groups is 1. The Bertz CT molecular complexity index is 1120. The number of oxazole rings is 1. The molecule has 2 heterocycles. The van der Waals surface area contributed by atoms with Gasteiger partial charge < -0.3 is 14.8 Å². The molecule has 0 saturated heterocycles. The molecule has 0 unspecified atom stereocenters. The van der Waals surface area contributed by atoms with Gasteiger partial charge in [-0.25, -0.2) is 9.98 Å². The average molecular weight is 360 g/mol. The van der Waals surface area contributed by atoms with E-state index in [0.717, 1.165) is 22.2 Å². The van der Waals surface area contributed by atoms with Crippen molar-refractivity contribution in [1.82, 2.24) is 15.6 Å². The third-order valence-electron chi connectivity index (χ3n) is 4.85. The van der Waals surface area contributed by atoms with Gasteiger partial charge in [-0.1, -0.05) is 30.3 Å². The normalized spacial score (nSPS) is 22.8. The predicted octanol–water partition coefficient (Wildman–Crippen LogP) is 1.90. The van der Waals surface area contributed by atoms with Crippen LogP contribution in [0.25, 0.3) is 17.2 Å². The van der Waals surface area contributed by atoms with Gasteiger partial charge in [-0.2, -0.15) is 0 Å². The van der Waals surface area contributed by atoms with Crippen molar-refractivity contribution < 1.29 is 14.3 Å². The Balaban J connectivity index is 1.41. The van der Waals surface area contributed by atoms with Crippen LogP contribution in [0.2, 0.25) is 0 Å². The molecule has 27 heavy (non-hydrogen) atoms. The molecule has 2 aromatic carbocycles. The molecule has 134 valence electrons. The molecule has 3 aromatic rings. The molecule has 7 heteroatoms. The third-order valence-corrected chi connectivity index (χ3v) is 4.85. The van der Waals surface area contributed by atoms with E-state index >= 15 is 0 Å². The summed E-state index contributed by atoms with van der Waals surface area (Å²) in [6.45, 7) is 0. The molecule has 0 fully saturated rings. The first kappa shape index (κ1) is 15.8. The molecule has 0 saturated carbocycles. The number of rotatable bonds is 2. The maximum absolute atomic E-state index is 12.3. The van der Waals surface area contributed by atoms with Crippen molar-refractivity contribution in [3.8, 4) is 0 Å². The molecule has 2 atom stereocenters. The summed E-state index contributed by atoms with van der Waals surface area (Å²) in [6, 6.07) is 13.0. The number of benzene rings is 2. The largest absolute Gasteiger partial charge is 0.443 e. The van der Waals surface area contributed by atoms with Gasteiger partial charge in [0.1, 0.15) is 11.2 Å². The number of hydrogen-bond donors (Lipinski definition) is 3. The average Bonchev–Trinajstić information content (AvgIpc) is 3.34. The number of guanidine groups is 1. The minimum atomic E-state index is -0.566. The second-order valence-electron chi connectivity index (χ2n) is 6.62. The fourth-order valence-corrected chi connectivity index (χ4v) is 3.55. The molecule has 2 aliphatic rings. The third kappa shape index (κ3) is 2.78. The number of aliphatic hydroxyl groups is 1. The van der Waals surface area contributed by atoms with E-state index in [-0.39, 0.29) is 17.6 Å². The maximum atomic E-state index is 12.3. The van der Waals surface area contributed by atoms with Gasteiger partial charge in [0.15, 0.2) is 12.0 Å². The molecule has 5 rings (SSSR count). The first-order valence-electron chi connectivity index (χ1n) is 8.65. The number of hydrogen-bond acceptors (Lipinski definition) is 6. The summed E-state index contributed by atoms with van der Waals surface area (Å²) in [5.74, 6) is 0.0451. The molecular formula is C20H16N4O3. The van der Waals surface area contributed by atoms with Crippen LogP contribution in [0.1, 0.15) is 22.7 Å². The number of amides is 1. The van der Waals surface area contributed by atoms with Gasteiger partial charge in [-0.3, -0.25) is 10.1 Å². The zero-order valence-electron chi connectivity index (χ0n) is 14.2. The lowest BCUT2D eigenvalue weighted by Crippen LogP contribution is -2.41. The van der Waals surface area contributed by atoms with Gasteiger partial charge in [-0.15, -0.1) is 0 Å². The standard InChI is InChI=1S/C20H16N4O3/c25-16-9-12-3-1-2-4-13(12)18(16)23-20-22-15(19(26)24-20)7-11-5-6-14-17(8-11)27-10-21-14/h1-8,10,16,18,25H,9H2,(H2,22,23,24,26)/b15-7-/t16-,18-/m0/s1. The summed E-state index contributed by atoms with van der Waals surface area (Å²) in [6.07, 6.45) is 3.08. The van der Waals surface area contributed by atoms with Gasteiger partial charge >= 0.3 is 0 Å². The van der Waals surface area contributed by atoms with Gasteiger partial charge in [0.05, 0.1) is 12.1 Å². The molecule has 1 aliphatic heterocycles. The molecule has 0 spiro atoms. The van der Waals surface area contributed by atoms with E-state index in [4.69, 9.17) is 4.42 Å². The van der Waals surface area contributed by atoms with E-state index in [1.165, 1.54) is 6.39 Å². The fraction of sp³-hybridized carbons (Fsp3) is 0.150. The van der Waals surface area contributed by atoms with Crippen LogP contribution >= 0.6 is 0 Å². The van der Waals surface area contributed by atoms with Crippen LogP contribution < -0.4 is 10.6 Å². The van der Waals surface area contributed by atoms with Crippen LogP contribution in [0.4, 0.5) is 0 Å². The smallest absolute Gasteiger partial charge is 0.276 e. The molecule has 1 aliphatic carbocycles. The number of aromatic nitrogens is 1. The molecular weight excluding hydrogens is 344 g/mol. The molecule has 3 N–H and O–H groups in total. The quantitative estimate of drug-likeness (QED) is 0.606. The van der Waals surface area contributed by atoms with Crippen molar-refractivity contribution in [2.75, 3.05) is 0 Å². The Kier molecular flexibility index (Phi) is 3.54. The summed E-state index contributed by atoms with van der Waals surface area (Å²) in [5.41, 5.74) is 4.61. The number of fused-ring (bicyclic) bond motifs is 2. The van der Waals surface area contributed by atoms with E-state index in [9.17, 15) is 9.90 Å². The van der Waals surface area contributed by atoms with Crippen LogP contribution in [0.3, 0.4) is 0 Å². The van der Waals surface area contributed by atoms with E-state index in [0.29, 0.717) is 18.0 Å². The maximum Gasteiger partial charge on any atom is 0.276 e. The zero-order valence-corrected chi connectivity index (χ0v) is 14.2. The number of nitrogens with one attached hydrogen (secondary N) is 2. The highest BCUT2D eigenvalue weighted by atomic mass is 16.3. The first-order chi connectivity index (χ1) is 13.2. The van der Waals surface area contributed by atoms with Gasteiger partial charge in [0, 0.05) is 6.42 Å². The highest BCUT2D eigenvalue weighted by Gasteiger charge is 2.33. The van der Waals surface area contributed by atoms with Crippen LogP contribution in [-0.2, 0) is 11.2 Å². The summed E-state index contributed by atoms with van der Waals surface area (Å²) < 4.78 is 5.29. The summed E-state index contributed by atoms with van der Waals surface area (Å²) >= 11 is 0. The van der Waals surface area contributed by atoms with Crippen molar-refractivity contribution in [2.45, 2.75) is 18.6 Å². The molecule has 1 aromatic heterocycles. The SMILES string of the molecule is O=C1NC(N[C@H]2c3ccccc3C[C@@H]2O)=N/C1=C\c1ccc2ncoc2c1. The molecule has 0 radical (unpaired) electrons. The lowest BCUT2D eigenvalue weighted by molar-refractivity contribution is -0.115. The summed E-state index contributed by atoms with van der Waals surface area (Å²) in [7, 11) is 0. The Morgan fingerprint density at radius 1 is 1.26 bits per heavy atom. The predicted molar refractivity (Wildman–Crippen MR) is 99.6 cm³/mol. The van der Waals surface area contributed by atoms with E-state index in [1.807, 2.05) is 36.4 Å². The monoisotopic (exact) mass is 360 g/mol. The number of nitrogens with zero attached hydrogens (tertiary/aromatic N) is 2. The van der Waals surface area contributed by atoms with E-state index in [1.54, 1.807) is 12.1 Å². The molecule has 1 amide bonds. The minimum Gasteiger partial charge on any atom is -0.443 e. The molecule has 0 bridgehead atoms. The fourth-order valence-electron chi connectivity index (χ4n) is 3.55. The van der Waals surface area contributed by atoms with Crippen LogP contribution in [0.5, 0.6) is 0 Å². The van der Waals surface area contributed by atoms with Crippen molar-refractivity contribution in [1.29, 1.82) is 0 Å². The van der Waals surface area contributed by atoms with Crippen LogP contribution in [-0.4, -0.2) is 28.1 Å². The van der Waals surface area contributed by atoms with Crippen molar-refractivity contribution in [3.05, 3.63) is 71.2 Å². The highest BCUT2D eigenvalue weighted by molar-refractivity contribution is 6.13. The van der Waals surface area contributed by atoms with Crippen LogP contribution in [0.15, 0.2) is 64.0 Å². The highest BCUT2D eigenvalue weighted by Crippen LogP contribution is 2.31. The lowest BCUT2D eigenvalue weighted by atomic mass is 10.1. The van der Waals surface area contributed by atoms with Crippen molar-refractivity contribution in [3.63, 3.8) is 0 Å². The van der Waals surface area contributed by atoms with E-state index in [2.05, 4.69) is 20.6 Å². The first-order valence-corrected chi connectivity index (χ1v) is 8.65. The summed E-state index contributed by atoms with van der Waals surface area (Å²) in [4.78, 5) is 20.7. The van der Waals surface area contributed by atoms with Crippen molar-refractivity contribution >= 4 is 29.0 Å². The minimum absolute atomic E-state index is 0.289. The molecule has 7 nitrogen and oxygen atoms in total. The van der Waals surface area contributed by atoms with E-state index < -0.39 is 6.10 Å². The second-order valence-corrected chi connectivity index (χ2v) is 6.62. The van der Waals surface area contributed by atoms with Crippen molar-refractivity contribution in [2.24, 2.45) is 4.99 Å². The Morgan fingerprint density at radius 2 is 2.15 bits per heavy atom. The Hall–Kier alpha value is -3.45. The number of aliphatic hydroxyl groups excluding tert-OH is 1. The van der Waals surface area contributed by atoms with Gasteiger partial charge in [0.25, 0.3) is 5.91 Å². The summed E-state index contributed by atoms with van der Waals surface area (Å²) in [5, 5.41) is 16.2. The Morgan fingerprint density at radius 3 is 3.07 bits per heavy atom. The topological polar surface area (TPSA) is 99.8 Å². The number of carbonyl (C=O) groups excluding carboxylic acids is 1. The zero-order chi connectivity index (χ0) is 18.4. The van der Waals surface area contributed by atoms with Crippen LogP contribution in [0, 0.1) is 0 Å². The van der Waals surface area contributed by atoms with Gasteiger partial charge in [0.2, 0.25) is 5.96 Å². The Labute approximate surface area is 154 Å². The van der Waals surface area contributed by atoms with Gasteiger partial charge in [-0.05, 0) is 34.9 Å². The second kappa shape index (κ2) is 6.07. The lowest BCUT2D eigenvalue weighted by Gasteiger charge is -2.18. The number of carbonyl (C=O) groups is 1.